The van der Waals surface area contributed by atoms with Crippen molar-refractivity contribution < 1.29 is 9.18 Å². The van der Waals surface area contributed by atoms with E-state index in [1.54, 1.807) is 29.5 Å². The zero-order valence-corrected chi connectivity index (χ0v) is 17.3. The molecule has 4 nitrogen and oxygen atoms in total. The molecule has 0 saturated heterocycles. The predicted molar refractivity (Wildman–Crippen MR) is 119 cm³/mol. The van der Waals surface area contributed by atoms with Gasteiger partial charge >= 0.3 is 0 Å². The van der Waals surface area contributed by atoms with Crippen molar-refractivity contribution in [3.8, 4) is 0 Å². The number of amides is 1. The van der Waals surface area contributed by atoms with Gasteiger partial charge < -0.3 is 0 Å². The third-order valence-corrected chi connectivity index (χ3v) is 6.28. The van der Waals surface area contributed by atoms with Gasteiger partial charge in [-0.15, -0.1) is 11.3 Å². The van der Waals surface area contributed by atoms with E-state index in [2.05, 4.69) is 16.9 Å². The molecular formula is C22H18FN3OS2. The smallest absolute Gasteiger partial charge is 0.266 e. The Morgan fingerprint density at radius 2 is 1.90 bits per heavy atom. The number of aliphatic imine (C=N–C) groups is 1. The van der Waals surface area contributed by atoms with E-state index in [1.165, 1.54) is 28.8 Å². The van der Waals surface area contributed by atoms with Crippen LogP contribution in [0.2, 0.25) is 0 Å². The van der Waals surface area contributed by atoms with Gasteiger partial charge in [0.2, 0.25) is 0 Å². The molecule has 1 aliphatic heterocycles. The van der Waals surface area contributed by atoms with Crippen LogP contribution in [0.4, 0.5) is 10.1 Å². The van der Waals surface area contributed by atoms with Crippen LogP contribution in [0.15, 0.2) is 70.7 Å². The van der Waals surface area contributed by atoms with Gasteiger partial charge in [0.25, 0.3) is 5.91 Å². The monoisotopic (exact) mass is 423 g/mol. The fraction of sp³-hybridized carbons (Fsp3) is 0.136. The molecule has 0 N–H and O–H groups in total. The van der Waals surface area contributed by atoms with Crippen LogP contribution in [0.1, 0.15) is 23.2 Å². The number of anilines is 1. The van der Waals surface area contributed by atoms with Crippen LogP contribution in [-0.2, 0) is 17.0 Å². The van der Waals surface area contributed by atoms with Crippen LogP contribution in [0, 0.1) is 5.82 Å². The van der Waals surface area contributed by atoms with Gasteiger partial charge in [-0.1, -0.05) is 49.0 Å². The summed E-state index contributed by atoms with van der Waals surface area (Å²) in [5.41, 5.74) is 2.81. The Bertz CT molecular complexity index is 1070. The van der Waals surface area contributed by atoms with Gasteiger partial charge in [-0.25, -0.2) is 14.4 Å². The van der Waals surface area contributed by atoms with Crippen molar-refractivity contribution in [2.75, 3.05) is 4.90 Å². The lowest BCUT2D eigenvalue weighted by Crippen LogP contribution is -2.30. The lowest BCUT2D eigenvalue weighted by Gasteiger charge is -2.17. The number of thiazole rings is 1. The zero-order chi connectivity index (χ0) is 20.2. The largest absolute Gasteiger partial charge is 0.283 e. The van der Waals surface area contributed by atoms with E-state index in [0.717, 1.165) is 22.7 Å². The summed E-state index contributed by atoms with van der Waals surface area (Å²) in [6, 6.07) is 15.5. The predicted octanol–water partition coefficient (Wildman–Crippen LogP) is 5.52. The highest BCUT2D eigenvalue weighted by atomic mass is 32.2. The van der Waals surface area contributed by atoms with E-state index in [9.17, 15) is 9.18 Å². The molecule has 1 aliphatic rings. The second-order valence-corrected chi connectivity index (χ2v) is 8.21. The van der Waals surface area contributed by atoms with Crippen LogP contribution >= 0.6 is 23.1 Å². The SMILES string of the molecule is CCc1nc(CSC2=N/C(=C\c3ccccc3)C(=O)N2c2ccc(F)cc2)cs1. The van der Waals surface area contributed by atoms with E-state index in [0.29, 0.717) is 22.3 Å². The topological polar surface area (TPSA) is 45.6 Å². The number of aromatic nitrogens is 1. The van der Waals surface area contributed by atoms with Crippen LogP contribution < -0.4 is 4.90 Å². The average molecular weight is 424 g/mol. The van der Waals surface area contributed by atoms with E-state index in [1.807, 2.05) is 35.7 Å². The Morgan fingerprint density at radius 3 is 2.59 bits per heavy atom. The second-order valence-electron chi connectivity index (χ2n) is 6.33. The summed E-state index contributed by atoms with van der Waals surface area (Å²) in [7, 11) is 0. The van der Waals surface area contributed by atoms with Crippen molar-refractivity contribution >= 4 is 45.9 Å². The summed E-state index contributed by atoms with van der Waals surface area (Å²) in [5, 5.41) is 3.69. The molecular weight excluding hydrogens is 405 g/mol. The Labute approximate surface area is 176 Å². The number of carbonyl (C=O) groups is 1. The lowest BCUT2D eigenvalue weighted by molar-refractivity contribution is -0.113. The maximum Gasteiger partial charge on any atom is 0.283 e. The van der Waals surface area contributed by atoms with Crippen LogP contribution in [0.5, 0.6) is 0 Å². The van der Waals surface area contributed by atoms with Crippen LogP contribution in [-0.4, -0.2) is 16.1 Å². The minimum Gasteiger partial charge on any atom is -0.266 e. The van der Waals surface area contributed by atoms with Crippen LogP contribution in [0.3, 0.4) is 0 Å². The summed E-state index contributed by atoms with van der Waals surface area (Å²) in [6.07, 6.45) is 2.67. The van der Waals surface area contributed by atoms with Gasteiger partial charge in [0.15, 0.2) is 5.17 Å². The molecule has 2 heterocycles. The van der Waals surface area contributed by atoms with Gasteiger partial charge in [0, 0.05) is 11.1 Å². The molecule has 0 bridgehead atoms. The van der Waals surface area contributed by atoms with E-state index >= 15 is 0 Å². The molecule has 29 heavy (non-hydrogen) atoms. The van der Waals surface area contributed by atoms with Crippen molar-refractivity contribution in [1.82, 2.24) is 4.98 Å². The van der Waals surface area contributed by atoms with E-state index < -0.39 is 0 Å². The Morgan fingerprint density at radius 1 is 1.14 bits per heavy atom. The number of hydrogen-bond donors (Lipinski definition) is 0. The fourth-order valence-corrected chi connectivity index (χ4v) is 4.59. The third-order valence-electron chi connectivity index (χ3n) is 4.27. The minimum atomic E-state index is -0.346. The molecule has 2 aromatic carbocycles. The lowest BCUT2D eigenvalue weighted by atomic mass is 10.2. The molecule has 0 atom stereocenters. The molecule has 0 fully saturated rings. The highest BCUT2D eigenvalue weighted by Crippen LogP contribution is 2.31. The second kappa shape index (κ2) is 8.71. The molecule has 146 valence electrons. The number of benzene rings is 2. The molecule has 0 saturated carbocycles. The number of carbonyl (C=O) groups excluding carboxylic acids is 1. The quantitative estimate of drug-likeness (QED) is 0.508. The van der Waals surface area contributed by atoms with Gasteiger partial charge in [-0.3, -0.25) is 9.69 Å². The number of aryl methyl sites for hydroxylation is 1. The van der Waals surface area contributed by atoms with Crippen molar-refractivity contribution in [2.45, 2.75) is 19.1 Å². The standard InChI is InChI=1S/C22H18FN3OS2/c1-2-20-24-17(13-28-20)14-29-22-25-19(12-15-6-4-3-5-7-15)21(27)26(22)18-10-8-16(23)9-11-18/h3-13H,2,14H2,1H3/b19-12-. The number of rotatable bonds is 5. The van der Waals surface area contributed by atoms with Gasteiger partial charge in [-0.2, -0.15) is 0 Å². The number of hydrogen-bond acceptors (Lipinski definition) is 5. The van der Waals surface area contributed by atoms with Gasteiger partial charge in [0.1, 0.15) is 11.5 Å². The number of thioether (sulfide) groups is 1. The third kappa shape index (κ3) is 4.46. The molecule has 0 unspecified atom stereocenters. The Kier molecular flexibility index (Phi) is 5.87. The normalized spacial score (nSPS) is 15.2. The Hall–Kier alpha value is -2.77. The highest BCUT2D eigenvalue weighted by Gasteiger charge is 2.32. The molecule has 1 amide bonds. The molecule has 7 heteroatoms. The van der Waals surface area contributed by atoms with Crippen molar-refractivity contribution in [1.29, 1.82) is 0 Å². The van der Waals surface area contributed by atoms with Gasteiger partial charge in [0.05, 0.1) is 16.4 Å². The van der Waals surface area contributed by atoms with E-state index in [4.69, 9.17) is 0 Å². The van der Waals surface area contributed by atoms with Crippen LogP contribution in [0.25, 0.3) is 6.08 Å². The first-order valence-corrected chi connectivity index (χ1v) is 11.0. The van der Waals surface area contributed by atoms with Gasteiger partial charge in [-0.05, 0) is 42.3 Å². The first-order valence-electron chi connectivity index (χ1n) is 9.15. The summed E-state index contributed by atoms with van der Waals surface area (Å²) < 4.78 is 13.4. The average Bonchev–Trinajstić information content (AvgIpc) is 3.33. The highest BCUT2D eigenvalue weighted by molar-refractivity contribution is 8.13. The maximum atomic E-state index is 13.4. The molecule has 3 aromatic rings. The first-order chi connectivity index (χ1) is 14.1. The summed E-state index contributed by atoms with van der Waals surface area (Å²) in [6.45, 7) is 2.08. The van der Waals surface area contributed by atoms with Crippen molar-refractivity contribution in [3.05, 3.63) is 87.8 Å². The molecule has 0 spiro atoms. The fourth-order valence-electron chi connectivity index (χ4n) is 2.83. The summed E-state index contributed by atoms with van der Waals surface area (Å²) in [5.74, 6) is 0.0375. The minimum absolute atomic E-state index is 0.226. The Balaban J connectivity index is 1.64. The molecule has 0 aliphatic carbocycles. The van der Waals surface area contributed by atoms with Crippen molar-refractivity contribution in [3.63, 3.8) is 0 Å². The first kappa shape index (κ1) is 19.5. The summed E-state index contributed by atoms with van der Waals surface area (Å²) in [4.78, 5) is 23.8. The number of amidine groups is 1. The zero-order valence-electron chi connectivity index (χ0n) is 15.7. The molecule has 4 rings (SSSR count). The number of nitrogens with zero attached hydrogens (tertiary/aromatic N) is 3. The number of halogens is 1. The maximum absolute atomic E-state index is 13.4. The van der Waals surface area contributed by atoms with Crippen molar-refractivity contribution in [2.24, 2.45) is 4.99 Å². The molecule has 0 radical (unpaired) electrons. The summed E-state index contributed by atoms with van der Waals surface area (Å²) >= 11 is 3.09. The molecule has 1 aromatic heterocycles. The van der Waals surface area contributed by atoms with E-state index in [-0.39, 0.29) is 11.7 Å².